The molecule has 1 radical (unpaired) electrons. The lowest BCUT2D eigenvalue weighted by molar-refractivity contribution is 0.206. The van der Waals surface area contributed by atoms with E-state index in [4.69, 9.17) is 4.74 Å². The summed E-state index contributed by atoms with van der Waals surface area (Å²) >= 11 is 0. The third-order valence-electron chi connectivity index (χ3n) is 1.77. The second-order valence-corrected chi connectivity index (χ2v) is 2.87. The standard InChI is InChI=1S/C10H15O/c1-11-9-5-3-2-4-6-10-7-8-10/h7,10H,4-6,8-9H2,1H3. The van der Waals surface area contributed by atoms with Crippen LogP contribution in [0.4, 0.5) is 0 Å². The minimum atomic E-state index is 0.766. The number of hydrogen-bond acceptors (Lipinski definition) is 1. The van der Waals surface area contributed by atoms with Crippen molar-refractivity contribution in [2.24, 2.45) is 5.92 Å². The van der Waals surface area contributed by atoms with Gasteiger partial charge in [0.2, 0.25) is 0 Å². The summed E-state index contributed by atoms with van der Waals surface area (Å²) in [7, 11) is 1.71. The van der Waals surface area contributed by atoms with Gasteiger partial charge in [-0.25, -0.2) is 0 Å². The van der Waals surface area contributed by atoms with E-state index in [2.05, 4.69) is 18.3 Å². The molecule has 1 atom stereocenters. The van der Waals surface area contributed by atoms with Crippen LogP contribution in [0.1, 0.15) is 25.7 Å². The molecule has 1 nitrogen and oxygen atoms in total. The molecule has 0 aliphatic heterocycles. The molecule has 1 fully saturated rings. The highest BCUT2D eigenvalue weighted by Gasteiger charge is 2.19. The van der Waals surface area contributed by atoms with Crippen molar-refractivity contribution in [3.05, 3.63) is 6.42 Å². The van der Waals surface area contributed by atoms with Gasteiger partial charge in [0.25, 0.3) is 0 Å². The summed E-state index contributed by atoms with van der Waals surface area (Å²) in [5, 5.41) is 0. The van der Waals surface area contributed by atoms with E-state index in [-0.39, 0.29) is 0 Å². The van der Waals surface area contributed by atoms with Crippen LogP contribution in [-0.2, 0) is 4.74 Å². The summed E-state index contributed by atoms with van der Waals surface area (Å²) in [6.45, 7) is 0.766. The molecule has 0 bridgehead atoms. The molecule has 0 aromatic rings. The zero-order chi connectivity index (χ0) is 7.94. The fourth-order valence-electron chi connectivity index (χ4n) is 0.919. The maximum absolute atomic E-state index is 4.87. The summed E-state index contributed by atoms with van der Waals surface area (Å²) in [6, 6.07) is 0. The Labute approximate surface area is 69.1 Å². The molecule has 1 rings (SSSR count). The van der Waals surface area contributed by atoms with E-state index in [0.29, 0.717) is 0 Å². The Morgan fingerprint density at radius 3 is 2.82 bits per heavy atom. The van der Waals surface area contributed by atoms with Gasteiger partial charge in [-0.1, -0.05) is 0 Å². The smallest absolute Gasteiger partial charge is 0.0571 e. The Hall–Kier alpha value is -0.480. The Kier molecular flexibility index (Phi) is 4.08. The monoisotopic (exact) mass is 151 g/mol. The van der Waals surface area contributed by atoms with Gasteiger partial charge in [0.15, 0.2) is 0 Å². The highest BCUT2D eigenvalue weighted by molar-refractivity contribution is 5.02. The fourth-order valence-corrected chi connectivity index (χ4v) is 0.919. The summed E-state index contributed by atoms with van der Waals surface area (Å²) < 4.78 is 4.87. The predicted octanol–water partition coefficient (Wildman–Crippen LogP) is 2.03. The van der Waals surface area contributed by atoms with E-state index in [1.807, 2.05) is 0 Å². The topological polar surface area (TPSA) is 9.23 Å². The van der Waals surface area contributed by atoms with Crippen LogP contribution in [-0.4, -0.2) is 13.7 Å². The van der Waals surface area contributed by atoms with Crippen LogP contribution in [0.25, 0.3) is 0 Å². The minimum absolute atomic E-state index is 0.766. The SMILES string of the molecule is COCCC#CCCC1[CH]C1. The van der Waals surface area contributed by atoms with E-state index in [0.717, 1.165) is 25.4 Å². The van der Waals surface area contributed by atoms with Gasteiger partial charge >= 0.3 is 0 Å². The van der Waals surface area contributed by atoms with Crippen molar-refractivity contribution in [2.45, 2.75) is 25.7 Å². The van der Waals surface area contributed by atoms with Crippen LogP contribution in [0.5, 0.6) is 0 Å². The van der Waals surface area contributed by atoms with Gasteiger partial charge in [-0.2, -0.15) is 0 Å². The van der Waals surface area contributed by atoms with E-state index in [1.54, 1.807) is 7.11 Å². The molecular formula is C10H15O. The molecule has 1 heteroatoms. The van der Waals surface area contributed by atoms with Gasteiger partial charge in [0, 0.05) is 20.0 Å². The second-order valence-electron chi connectivity index (χ2n) is 2.87. The van der Waals surface area contributed by atoms with Gasteiger partial charge in [-0.05, 0) is 25.2 Å². The van der Waals surface area contributed by atoms with Gasteiger partial charge in [0.1, 0.15) is 0 Å². The Bertz CT molecular complexity index is 148. The molecule has 0 saturated heterocycles. The van der Waals surface area contributed by atoms with Crippen LogP contribution < -0.4 is 0 Å². The van der Waals surface area contributed by atoms with Gasteiger partial charge in [-0.15, -0.1) is 11.8 Å². The molecule has 61 valence electrons. The lowest BCUT2D eigenvalue weighted by Gasteiger charge is -1.88. The van der Waals surface area contributed by atoms with E-state index < -0.39 is 0 Å². The van der Waals surface area contributed by atoms with Gasteiger partial charge < -0.3 is 4.74 Å². The molecule has 11 heavy (non-hydrogen) atoms. The van der Waals surface area contributed by atoms with Crippen molar-refractivity contribution in [1.82, 2.24) is 0 Å². The van der Waals surface area contributed by atoms with Crippen molar-refractivity contribution in [3.63, 3.8) is 0 Å². The third kappa shape index (κ3) is 4.86. The van der Waals surface area contributed by atoms with E-state index in [1.165, 1.54) is 12.8 Å². The molecule has 0 amide bonds. The summed E-state index contributed by atoms with van der Waals surface area (Å²) in [4.78, 5) is 0. The molecule has 1 unspecified atom stereocenters. The van der Waals surface area contributed by atoms with Crippen molar-refractivity contribution >= 4 is 0 Å². The Morgan fingerprint density at radius 1 is 1.45 bits per heavy atom. The quantitative estimate of drug-likeness (QED) is 0.441. The zero-order valence-electron chi connectivity index (χ0n) is 7.10. The minimum Gasteiger partial charge on any atom is -0.384 e. The molecule has 0 aromatic heterocycles. The van der Waals surface area contributed by atoms with Gasteiger partial charge in [-0.3, -0.25) is 0 Å². The Balaban J connectivity index is 1.85. The molecule has 0 N–H and O–H groups in total. The molecule has 1 aliphatic carbocycles. The normalized spacial score (nSPS) is 15.7. The Morgan fingerprint density at radius 2 is 2.18 bits per heavy atom. The van der Waals surface area contributed by atoms with Crippen LogP contribution in [0.3, 0.4) is 0 Å². The first-order valence-electron chi connectivity index (χ1n) is 4.21. The number of rotatable bonds is 4. The van der Waals surface area contributed by atoms with Crippen molar-refractivity contribution < 1.29 is 4.74 Å². The van der Waals surface area contributed by atoms with E-state index in [9.17, 15) is 0 Å². The maximum atomic E-state index is 4.87. The predicted molar refractivity (Wildman–Crippen MR) is 45.9 cm³/mol. The van der Waals surface area contributed by atoms with Gasteiger partial charge in [0.05, 0.1) is 6.61 Å². The lowest BCUT2D eigenvalue weighted by atomic mass is 10.2. The molecule has 0 heterocycles. The summed E-state index contributed by atoms with van der Waals surface area (Å²) in [6.07, 6.45) is 6.87. The molecule has 0 aromatic carbocycles. The molecular weight excluding hydrogens is 136 g/mol. The van der Waals surface area contributed by atoms with Crippen molar-refractivity contribution in [3.8, 4) is 11.8 Å². The van der Waals surface area contributed by atoms with Crippen LogP contribution in [0.15, 0.2) is 0 Å². The van der Waals surface area contributed by atoms with Crippen LogP contribution in [0, 0.1) is 24.2 Å². The third-order valence-corrected chi connectivity index (χ3v) is 1.77. The number of ether oxygens (including phenoxy) is 1. The summed E-state index contributed by atoms with van der Waals surface area (Å²) in [5.41, 5.74) is 0. The number of hydrogen-bond donors (Lipinski definition) is 0. The second kappa shape index (κ2) is 5.21. The zero-order valence-corrected chi connectivity index (χ0v) is 7.10. The first-order chi connectivity index (χ1) is 5.43. The maximum Gasteiger partial charge on any atom is 0.0571 e. The van der Waals surface area contributed by atoms with Crippen molar-refractivity contribution in [2.75, 3.05) is 13.7 Å². The van der Waals surface area contributed by atoms with E-state index >= 15 is 0 Å². The first-order valence-corrected chi connectivity index (χ1v) is 4.21. The highest BCUT2D eigenvalue weighted by atomic mass is 16.5. The first kappa shape index (κ1) is 8.62. The number of methoxy groups -OCH3 is 1. The van der Waals surface area contributed by atoms with Crippen molar-refractivity contribution in [1.29, 1.82) is 0 Å². The lowest BCUT2D eigenvalue weighted by Crippen LogP contribution is -1.84. The molecule has 0 spiro atoms. The van der Waals surface area contributed by atoms with Crippen LogP contribution >= 0.6 is 0 Å². The highest BCUT2D eigenvalue weighted by Crippen LogP contribution is 2.31. The molecule has 1 saturated carbocycles. The summed E-state index contributed by atoms with van der Waals surface area (Å²) in [5.74, 6) is 7.12. The molecule has 1 aliphatic rings. The van der Waals surface area contributed by atoms with Crippen LogP contribution in [0.2, 0.25) is 0 Å². The largest absolute Gasteiger partial charge is 0.384 e. The average Bonchev–Trinajstić information content (AvgIpc) is 2.80. The fraction of sp³-hybridized carbons (Fsp3) is 0.700. The average molecular weight is 151 g/mol.